The van der Waals surface area contributed by atoms with E-state index in [2.05, 4.69) is 25.2 Å². The summed E-state index contributed by atoms with van der Waals surface area (Å²) < 4.78 is 38.2. The average molecular weight is 428 g/mol. The second-order valence-corrected chi connectivity index (χ2v) is 9.13. The van der Waals surface area contributed by atoms with E-state index in [0.29, 0.717) is 28.1 Å². The maximum absolute atomic E-state index is 12.7. The van der Waals surface area contributed by atoms with Gasteiger partial charge in [0.1, 0.15) is 17.0 Å². The van der Waals surface area contributed by atoms with Crippen LogP contribution >= 0.6 is 22.7 Å². The van der Waals surface area contributed by atoms with Crippen molar-refractivity contribution in [3.05, 3.63) is 33.9 Å². The highest BCUT2D eigenvalue weighted by atomic mass is 32.1. The first-order valence-electron chi connectivity index (χ1n) is 9.03. The topological polar surface area (TPSA) is 53.9 Å². The fourth-order valence-electron chi connectivity index (χ4n) is 3.70. The number of nitrogens with zero attached hydrogens (tertiary/aromatic N) is 4. The first kappa shape index (κ1) is 19.5. The quantitative estimate of drug-likeness (QED) is 0.632. The van der Waals surface area contributed by atoms with Crippen molar-refractivity contribution in [3.8, 4) is 0 Å². The van der Waals surface area contributed by atoms with Crippen LogP contribution in [0, 0.1) is 0 Å². The molecule has 0 radical (unpaired) electrons. The largest absolute Gasteiger partial charge is 0.393 e. The van der Waals surface area contributed by atoms with Crippen LogP contribution in [0.2, 0.25) is 0 Å². The minimum atomic E-state index is -4.22. The Balaban J connectivity index is 1.45. The molecule has 0 amide bonds. The van der Waals surface area contributed by atoms with Crippen LogP contribution in [0.5, 0.6) is 0 Å². The molecule has 2 atom stereocenters. The third-order valence-corrected chi connectivity index (χ3v) is 6.89. The van der Waals surface area contributed by atoms with Gasteiger partial charge in [0, 0.05) is 41.6 Å². The molecule has 0 aliphatic heterocycles. The Morgan fingerprint density at radius 2 is 2.11 bits per heavy atom. The van der Waals surface area contributed by atoms with Crippen LogP contribution in [0.4, 0.5) is 19.0 Å². The minimum Gasteiger partial charge on any atom is -0.356 e. The number of hydrogen-bond acceptors (Lipinski definition) is 7. The smallest absolute Gasteiger partial charge is 0.356 e. The van der Waals surface area contributed by atoms with Gasteiger partial charge in [0.2, 0.25) is 0 Å². The molecule has 0 saturated heterocycles. The summed E-state index contributed by atoms with van der Waals surface area (Å²) in [5.41, 5.74) is 1.83. The summed E-state index contributed by atoms with van der Waals surface area (Å²) in [6, 6.07) is 2.30. The normalized spacial score (nSPS) is 20.1. The molecule has 0 unspecified atom stereocenters. The molecular formula is C18H20F3N5S2. The molecule has 1 N–H and O–H groups in total. The van der Waals surface area contributed by atoms with Gasteiger partial charge in [0.25, 0.3) is 0 Å². The van der Waals surface area contributed by atoms with Crippen LogP contribution in [0.25, 0.3) is 10.2 Å². The summed E-state index contributed by atoms with van der Waals surface area (Å²) in [7, 11) is 1.97. The molecule has 3 aromatic rings. The zero-order valence-corrected chi connectivity index (χ0v) is 16.9. The first-order chi connectivity index (χ1) is 13.4. The predicted octanol–water partition coefficient (Wildman–Crippen LogP) is 4.40. The second kappa shape index (κ2) is 7.92. The highest BCUT2D eigenvalue weighted by Gasteiger charge is 2.31. The van der Waals surface area contributed by atoms with Gasteiger partial charge in [-0.1, -0.05) is 0 Å². The van der Waals surface area contributed by atoms with E-state index in [4.69, 9.17) is 0 Å². The Bertz CT molecular complexity index is 925. The number of halogens is 3. The van der Waals surface area contributed by atoms with E-state index >= 15 is 0 Å². The van der Waals surface area contributed by atoms with Gasteiger partial charge >= 0.3 is 6.18 Å². The lowest BCUT2D eigenvalue weighted by molar-refractivity contribution is -0.126. The molecule has 28 heavy (non-hydrogen) atoms. The fraction of sp³-hybridized carbons (Fsp3) is 0.500. The minimum absolute atomic E-state index is 0.271. The number of hydrogen-bond donors (Lipinski definition) is 1. The van der Waals surface area contributed by atoms with Gasteiger partial charge in [0.15, 0.2) is 0 Å². The van der Waals surface area contributed by atoms with E-state index in [1.807, 2.05) is 18.8 Å². The third kappa shape index (κ3) is 4.44. The number of thiophene rings is 1. The van der Waals surface area contributed by atoms with Crippen LogP contribution in [0.1, 0.15) is 29.0 Å². The molecule has 10 heteroatoms. The molecule has 0 bridgehead atoms. The average Bonchev–Trinajstić information content (AvgIpc) is 3.37. The lowest BCUT2D eigenvalue weighted by atomic mass is 10.2. The number of thiazole rings is 1. The van der Waals surface area contributed by atoms with E-state index in [9.17, 15) is 13.2 Å². The zero-order valence-electron chi connectivity index (χ0n) is 15.2. The van der Waals surface area contributed by atoms with Crippen LogP contribution in [-0.2, 0) is 13.0 Å². The van der Waals surface area contributed by atoms with Gasteiger partial charge in [-0.25, -0.2) is 9.97 Å². The van der Waals surface area contributed by atoms with Crippen LogP contribution < -0.4 is 10.2 Å². The van der Waals surface area contributed by atoms with Crippen molar-refractivity contribution in [1.82, 2.24) is 20.3 Å². The molecule has 4 rings (SSSR count). The van der Waals surface area contributed by atoms with E-state index in [-0.39, 0.29) is 4.88 Å². The van der Waals surface area contributed by atoms with E-state index in [0.717, 1.165) is 37.1 Å². The summed E-state index contributed by atoms with van der Waals surface area (Å²) >= 11 is 2.73. The van der Waals surface area contributed by atoms with Crippen molar-refractivity contribution in [1.29, 1.82) is 0 Å². The summed E-state index contributed by atoms with van der Waals surface area (Å²) in [4.78, 5) is 16.8. The van der Waals surface area contributed by atoms with E-state index < -0.39 is 12.6 Å². The maximum Gasteiger partial charge on any atom is 0.393 e. The van der Waals surface area contributed by atoms with Crippen molar-refractivity contribution >= 4 is 38.7 Å². The first-order valence-corrected chi connectivity index (χ1v) is 10.7. The van der Waals surface area contributed by atoms with E-state index in [1.165, 1.54) is 11.2 Å². The van der Waals surface area contributed by atoms with Gasteiger partial charge < -0.3 is 10.2 Å². The SMILES string of the molecule is CN(c1ncnc2sc(CC(F)(F)F)cc12)[C@@H]1CC[C@H](NCc2cncs2)C1. The Morgan fingerprint density at radius 3 is 2.86 bits per heavy atom. The van der Waals surface area contributed by atoms with E-state index in [1.54, 1.807) is 17.4 Å². The molecule has 1 aliphatic carbocycles. The summed E-state index contributed by atoms with van der Waals surface area (Å²) in [6.07, 6.45) is 1.22. The molecule has 3 aromatic heterocycles. The number of anilines is 1. The second-order valence-electron chi connectivity index (χ2n) is 7.04. The van der Waals surface area contributed by atoms with Crippen LogP contribution in [0.3, 0.4) is 0 Å². The summed E-state index contributed by atoms with van der Waals surface area (Å²) in [5, 5.41) is 4.28. The lowest BCUT2D eigenvalue weighted by Gasteiger charge is -2.26. The molecule has 150 valence electrons. The fourth-order valence-corrected chi connectivity index (χ4v) is 5.27. The van der Waals surface area contributed by atoms with Crippen molar-refractivity contribution in [2.75, 3.05) is 11.9 Å². The van der Waals surface area contributed by atoms with Gasteiger partial charge in [-0.15, -0.1) is 22.7 Å². The molecule has 5 nitrogen and oxygen atoms in total. The number of alkyl halides is 3. The molecule has 1 aliphatic rings. The standard InChI is InChI=1S/C18H20F3N5S2/c1-26(12-3-2-11(4-12)23-8-14-7-22-10-27-14)16-15-5-13(6-18(19,20)21)28-17(15)25-9-24-16/h5,7,9-12,23H,2-4,6,8H2,1H3/t11-,12+/m0/s1. The van der Waals surface area contributed by atoms with Crippen LogP contribution in [0.15, 0.2) is 24.1 Å². The van der Waals surface area contributed by atoms with Gasteiger partial charge in [-0.2, -0.15) is 13.2 Å². The highest BCUT2D eigenvalue weighted by molar-refractivity contribution is 7.18. The Labute approximate surface area is 168 Å². The zero-order chi connectivity index (χ0) is 19.7. The highest BCUT2D eigenvalue weighted by Crippen LogP contribution is 2.35. The van der Waals surface area contributed by atoms with Gasteiger partial charge in [0.05, 0.1) is 17.3 Å². The van der Waals surface area contributed by atoms with Gasteiger partial charge in [-0.3, -0.25) is 4.98 Å². The van der Waals surface area contributed by atoms with Crippen molar-refractivity contribution in [3.63, 3.8) is 0 Å². The summed E-state index contributed by atoms with van der Waals surface area (Å²) in [5.74, 6) is 0.711. The molecule has 0 spiro atoms. The Morgan fingerprint density at radius 1 is 1.25 bits per heavy atom. The molecular weight excluding hydrogens is 407 g/mol. The summed E-state index contributed by atoms with van der Waals surface area (Å²) in [6.45, 7) is 0.814. The lowest BCUT2D eigenvalue weighted by Crippen LogP contribution is -2.33. The molecule has 3 heterocycles. The molecule has 0 aromatic carbocycles. The number of nitrogens with one attached hydrogen (secondary N) is 1. The Kier molecular flexibility index (Phi) is 5.52. The van der Waals surface area contributed by atoms with Crippen molar-refractivity contribution in [2.45, 2.75) is 50.5 Å². The van der Waals surface area contributed by atoms with Crippen molar-refractivity contribution in [2.24, 2.45) is 0 Å². The number of rotatable bonds is 6. The van der Waals surface area contributed by atoms with Crippen LogP contribution in [-0.4, -0.2) is 40.3 Å². The third-order valence-electron chi connectivity index (χ3n) is 5.07. The van der Waals surface area contributed by atoms with Crippen molar-refractivity contribution < 1.29 is 13.2 Å². The number of aromatic nitrogens is 3. The maximum atomic E-state index is 12.7. The number of fused-ring (bicyclic) bond motifs is 1. The van der Waals surface area contributed by atoms with Gasteiger partial charge in [-0.05, 0) is 25.3 Å². The molecule has 1 saturated carbocycles. The molecule has 1 fully saturated rings. The monoisotopic (exact) mass is 427 g/mol. The predicted molar refractivity (Wildman–Crippen MR) is 106 cm³/mol. The Hall–Kier alpha value is -1.78.